The van der Waals surface area contributed by atoms with Gasteiger partial charge in [0.1, 0.15) is 0 Å². The normalized spacial score (nSPS) is 12.5. The van der Waals surface area contributed by atoms with Crippen LogP contribution in [0.1, 0.15) is 29.9 Å². The topological polar surface area (TPSA) is 29.1 Å². The molecule has 0 fully saturated rings. The summed E-state index contributed by atoms with van der Waals surface area (Å²) in [5, 5.41) is 4.81. The molecule has 3 heteroatoms. The summed E-state index contributed by atoms with van der Waals surface area (Å²) < 4.78 is 0. The lowest BCUT2D eigenvalue weighted by Crippen LogP contribution is -2.31. The van der Waals surface area contributed by atoms with Gasteiger partial charge in [0.15, 0.2) is 0 Å². The second kappa shape index (κ2) is 4.26. The smallest absolute Gasteiger partial charge is 0.261 e. The van der Waals surface area contributed by atoms with Gasteiger partial charge in [-0.15, -0.1) is 11.3 Å². The molecular formula is C9H13NOS. The van der Waals surface area contributed by atoms with Crippen LogP contribution in [0.5, 0.6) is 0 Å². The molecule has 1 aromatic rings. The van der Waals surface area contributed by atoms with Gasteiger partial charge in [-0.3, -0.25) is 4.79 Å². The fourth-order valence-electron chi connectivity index (χ4n) is 0.805. The predicted molar refractivity (Wildman–Crippen MR) is 51.5 cm³/mol. The summed E-state index contributed by atoms with van der Waals surface area (Å²) in [5.41, 5.74) is 0. The van der Waals surface area contributed by atoms with Crippen molar-refractivity contribution in [3.8, 4) is 0 Å². The molecule has 0 unspecified atom stereocenters. The first kappa shape index (κ1) is 9.26. The Labute approximate surface area is 76.6 Å². The van der Waals surface area contributed by atoms with E-state index in [1.807, 2.05) is 24.4 Å². The Morgan fingerprint density at radius 3 is 3.00 bits per heavy atom. The van der Waals surface area contributed by atoms with E-state index in [4.69, 9.17) is 0 Å². The molecule has 2 nitrogen and oxygen atoms in total. The van der Waals surface area contributed by atoms with Gasteiger partial charge in [0, 0.05) is 6.04 Å². The first-order valence-electron chi connectivity index (χ1n) is 4.08. The molecule has 0 radical (unpaired) electrons. The van der Waals surface area contributed by atoms with E-state index >= 15 is 0 Å². The average molecular weight is 183 g/mol. The Bertz CT molecular complexity index is 243. The highest BCUT2D eigenvalue weighted by atomic mass is 32.1. The number of hydrogen-bond donors (Lipinski definition) is 1. The Hall–Kier alpha value is -0.830. The summed E-state index contributed by atoms with van der Waals surface area (Å²) >= 11 is 1.47. The highest BCUT2D eigenvalue weighted by molar-refractivity contribution is 7.12. The number of hydrogen-bond acceptors (Lipinski definition) is 2. The van der Waals surface area contributed by atoms with Crippen LogP contribution in [0.4, 0.5) is 0 Å². The molecule has 0 spiro atoms. The van der Waals surface area contributed by atoms with Crippen molar-refractivity contribution in [2.24, 2.45) is 0 Å². The van der Waals surface area contributed by atoms with Crippen molar-refractivity contribution in [1.82, 2.24) is 5.32 Å². The summed E-state index contributed by atoms with van der Waals surface area (Å²) in [6, 6.07) is 3.98. The second-order valence-corrected chi connectivity index (χ2v) is 3.71. The third-order valence-corrected chi connectivity index (χ3v) is 2.60. The molecule has 0 aliphatic heterocycles. The predicted octanol–water partition coefficient (Wildman–Crippen LogP) is 2.28. The van der Waals surface area contributed by atoms with E-state index in [0.29, 0.717) is 0 Å². The molecule has 0 aliphatic carbocycles. The van der Waals surface area contributed by atoms with Crippen molar-refractivity contribution in [3.05, 3.63) is 22.4 Å². The van der Waals surface area contributed by atoms with Gasteiger partial charge in [-0.2, -0.15) is 0 Å². The van der Waals surface area contributed by atoms with Crippen molar-refractivity contribution >= 4 is 17.2 Å². The number of nitrogens with one attached hydrogen (secondary N) is 1. The number of carbonyl (C=O) groups is 1. The molecule has 0 saturated heterocycles. The van der Waals surface area contributed by atoms with E-state index in [9.17, 15) is 4.79 Å². The first-order valence-corrected chi connectivity index (χ1v) is 4.96. The van der Waals surface area contributed by atoms with Crippen molar-refractivity contribution < 1.29 is 4.79 Å². The molecule has 1 amide bonds. The maximum atomic E-state index is 11.4. The maximum Gasteiger partial charge on any atom is 0.261 e. The van der Waals surface area contributed by atoms with Crippen LogP contribution in [0.2, 0.25) is 0 Å². The van der Waals surface area contributed by atoms with Gasteiger partial charge in [0.25, 0.3) is 5.91 Å². The zero-order valence-electron chi connectivity index (χ0n) is 7.33. The van der Waals surface area contributed by atoms with E-state index in [0.717, 1.165) is 11.3 Å². The van der Waals surface area contributed by atoms with E-state index in [-0.39, 0.29) is 11.9 Å². The van der Waals surface area contributed by atoms with Crippen LogP contribution in [0.15, 0.2) is 17.5 Å². The Morgan fingerprint density at radius 2 is 2.50 bits per heavy atom. The summed E-state index contributed by atoms with van der Waals surface area (Å²) in [7, 11) is 0. The van der Waals surface area contributed by atoms with Crippen molar-refractivity contribution in [1.29, 1.82) is 0 Å². The molecule has 1 rings (SSSR count). The number of thiophene rings is 1. The van der Waals surface area contributed by atoms with Crippen LogP contribution < -0.4 is 5.32 Å². The molecule has 1 atom stereocenters. The van der Waals surface area contributed by atoms with Gasteiger partial charge < -0.3 is 5.32 Å². The highest BCUT2D eigenvalue weighted by Gasteiger charge is 2.07. The zero-order valence-corrected chi connectivity index (χ0v) is 8.15. The fraction of sp³-hybridized carbons (Fsp3) is 0.444. The molecule has 1 aromatic heterocycles. The third kappa shape index (κ3) is 2.34. The second-order valence-electron chi connectivity index (χ2n) is 2.76. The minimum Gasteiger partial charge on any atom is -0.349 e. The zero-order chi connectivity index (χ0) is 8.97. The quantitative estimate of drug-likeness (QED) is 0.765. The van der Waals surface area contributed by atoms with Gasteiger partial charge in [0.05, 0.1) is 4.88 Å². The standard InChI is InChI=1S/C9H13NOS/c1-3-7(2)10-9(11)8-5-4-6-12-8/h4-7H,3H2,1-2H3,(H,10,11)/t7-/m0/s1. The largest absolute Gasteiger partial charge is 0.349 e. The maximum absolute atomic E-state index is 11.4. The van der Waals surface area contributed by atoms with Gasteiger partial charge in [0.2, 0.25) is 0 Å². The SMILES string of the molecule is CC[C@H](C)NC(=O)c1cccs1. The average Bonchev–Trinajstić information content (AvgIpc) is 2.56. The van der Waals surface area contributed by atoms with E-state index in [1.165, 1.54) is 11.3 Å². The molecule has 0 bridgehead atoms. The lowest BCUT2D eigenvalue weighted by molar-refractivity contribution is 0.0943. The number of amides is 1. The van der Waals surface area contributed by atoms with E-state index in [1.54, 1.807) is 0 Å². The fourth-order valence-corrected chi connectivity index (χ4v) is 1.43. The van der Waals surface area contributed by atoms with E-state index < -0.39 is 0 Å². The molecule has 0 aromatic carbocycles. The van der Waals surface area contributed by atoms with Crippen LogP contribution in [-0.4, -0.2) is 11.9 Å². The number of rotatable bonds is 3. The lowest BCUT2D eigenvalue weighted by atomic mass is 10.2. The van der Waals surface area contributed by atoms with Crippen LogP contribution in [0, 0.1) is 0 Å². The Kier molecular flexibility index (Phi) is 3.29. The first-order chi connectivity index (χ1) is 5.74. The van der Waals surface area contributed by atoms with E-state index in [2.05, 4.69) is 12.2 Å². The van der Waals surface area contributed by atoms with Gasteiger partial charge in [-0.05, 0) is 24.8 Å². The lowest BCUT2D eigenvalue weighted by Gasteiger charge is -2.09. The number of carbonyl (C=O) groups excluding carboxylic acids is 1. The monoisotopic (exact) mass is 183 g/mol. The molecule has 0 aliphatic rings. The molecule has 12 heavy (non-hydrogen) atoms. The summed E-state index contributed by atoms with van der Waals surface area (Å²) in [4.78, 5) is 12.2. The van der Waals surface area contributed by atoms with Crippen molar-refractivity contribution in [2.75, 3.05) is 0 Å². The third-order valence-electron chi connectivity index (χ3n) is 1.73. The van der Waals surface area contributed by atoms with Gasteiger partial charge in [-0.1, -0.05) is 13.0 Å². The molecule has 66 valence electrons. The minimum atomic E-state index is 0.0411. The molecular weight excluding hydrogens is 170 g/mol. The summed E-state index contributed by atoms with van der Waals surface area (Å²) in [6.07, 6.45) is 0.969. The minimum absolute atomic E-state index is 0.0411. The summed E-state index contributed by atoms with van der Waals surface area (Å²) in [6.45, 7) is 4.06. The molecule has 0 saturated carbocycles. The van der Waals surface area contributed by atoms with Crippen LogP contribution >= 0.6 is 11.3 Å². The highest BCUT2D eigenvalue weighted by Crippen LogP contribution is 2.08. The summed E-state index contributed by atoms with van der Waals surface area (Å²) in [5.74, 6) is 0.0411. The van der Waals surface area contributed by atoms with Crippen LogP contribution in [-0.2, 0) is 0 Å². The van der Waals surface area contributed by atoms with Gasteiger partial charge in [-0.25, -0.2) is 0 Å². The van der Waals surface area contributed by atoms with Gasteiger partial charge >= 0.3 is 0 Å². The Balaban J connectivity index is 2.50. The van der Waals surface area contributed by atoms with Crippen LogP contribution in [0.3, 0.4) is 0 Å². The molecule has 1 heterocycles. The molecule has 1 N–H and O–H groups in total. The van der Waals surface area contributed by atoms with Crippen LogP contribution in [0.25, 0.3) is 0 Å². The Morgan fingerprint density at radius 1 is 1.75 bits per heavy atom. The van der Waals surface area contributed by atoms with Crippen molar-refractivity contribution in [3.63, 3.8) is 0 Å². The van der Waals surface area contributed by atoms with Crippen molar-refractivity contribution in [2.45, 2.75) is 26.3 Å².